The van der Waals surface area contributed by atoms with E-state index in [2.05, 4.69) is 5.32 Å². The standard InChI is InChI=1S/C32H29ClN2O4S/c1-18-7-6-9-23(17-18)34-32(39)35-27(21-11-13-22(33)14-12-21)25(29(36)24-10-5-4-8-19(24)2)26(28(35)31(37)38)30-20(3)15-16-40-30/h4-17,25-28H,1-3H3,(H,34,39)(H,37,38). The van der Waals surface area contributed by atoms with Gasteiger partial charge in [0.25, 0.3) is 0 Å². The average Bonchev–Trinajstić information content (AvgIpc) is 3.50. The third-order valence-corrected chi connectivity index (χ3v) is 8.92. The summed E-state index contributed by atoms with van der Waals surface area (Å²) in [6.07, 6.45) is 0. The summed E-state index contributed by atoms with van der Waals surface area (Å²) in [5.41, 5.74) is 4.32. The van der Waals surface area contributed by atoms with Crippen LogP contribution in [0.15, 0.2) is 84.2 Å². The number of nitrogens with one attached hydrogen (secondary N) is 1. The number of hydrogen-bond donors (Lipinski definition) is 2. The van der Waals surface area contributed by atoms with Crippen molar-refractivity contribution in [3.05, 3.63) is 122 Å². The van der Waals surface area contributed by atoms with E-state index in [4.69, 9.17) is 11.6 Å². The monoisotopic (exact) mass is 572 g/mol. The van der Waals surface area contributed by atoms with Crippen molar-refractivity contribution in [2.45, 2.75) is 38.8 Å². The molecule has 4 unspecified atom stereocenters. The lowest BCUT2D eigenvalue weighted by Crippen LogP contribution is -2.45. The third kappa shape index (κ3) is 5.15. The summed E-state index contributed by atoms with van der Waals surface area (Å²) in [6.45, 7) is 5.68. The van der Waals surface area contributed by atoms with E-state index < -0.39 is 35.9 Å². The van der Waals surface area contributed by atoms with Gasteiger partial charge in [-0.2, -0.15) is 0 Å². The lowest BCUT2D eigenvalue weighted by atomic mass is 9.77. The van der Waals surface area contributed by atoms with E-state index in [9.17, 15) is 19.5 Å². The summed E-state index contributed by atoms with van der Waals surface area (Å²) < 4.78 is 0. The first-order valence-corrected chi connectivity index (χ1v) is 14.2. The minimum Gasteiger partial charge on any atom is -0.480 e. The number of aryl methyl sites for hydroxylation is 3. The van der Waals surface area contributed by atoms with Crippen molar-refractivity contribution in [2.75, 3.05) is 5.32 Å². The van der Waals surface area contributed by atoms with Crippen LogP contribution in [0.1, 0.15) is 49.4 Å². The smallest absolute Gasteiger partial charge is 0.327 e. The number of carboxylic acid groups (broad SMARTS) is 1. The van der Waals surface area contributed by atoms with Crippen molar-refractivity contribution < 1.29 is 19.5 Å². The molecule has 40 heavy (non-hydrogen) atoms. The van der Waals surface area contributed by atoms with Gasteiger partial charge in [-0.1, -0.05) is 60.1 Å². The molecular weight excluding hydrogens is 544 g/mol. The number of halogens is 1. The molecule has 0 saturated carbocycles. The molecule has 5 rings (SSSR count). The Balaban J connectivity index is 1.73. The molecule has 204 valence electrons. The number of aliphatic carboxylic acids is 1. The largest absolute Gasteiger partial charge is 0.480 e. The van der Waals surface area contributed by atoms with Gasteiger partial charge in [0.2, 0.25) is 0 Å². The number of thiophene rings is 1. The first-order chi connectivity index (χ1) is 19.2. The normalized spacial score (nSPS) is 20.4. The summed E-state index contributed by atoms with van der Waals surface area (Å²) in [4.78, 5) is 43.8. The molecule has 0 spiro atoms. The molecule has 2 amide bonds. The Bertz CT molecular complexity index is 1580. The lowest BCUT2D eigenvalue weighted by Gasteiger charge is -2.30. The second-order valence-electron chi connectivity index (χ2n) is 10.2. The van der Waals surface area contributed by atoms with E-state index in [0.717, 1.165) is 21.6 Å². The van der Waals surface area contributed by atoms with Gasteiger partial charge in [-0.05, 0) is 78.7 Å². The van der Waals surface area contributed by atoms with Gasteiger partial charge < -0.3 is 15.3 Å². The van der Waals surface area contributed by atoms with Gasteiger partial charge in [0.15, 0.2) is 5.78 Å². The van der Waals surface area contributed by atoms with Gasteiger partial charge in [0.1, 0.15) is 6.04 Å². The zero-order valence-electron chi connectivity index (χ0n) is 22.3. The highest BCUT2D eigenvalue weighted by Crippen LogP contribution is 2.53. The highest BCUT2D eigenvalue weighted by molar-refractivity contribution is 7.10. The van der Waals surface area contributed by atoms with Gasteiger partial charge >= 0.3 is 12.0 Å². The van der Waals surface area contributed by atoms with Crippen LogP contribution in [0.3, 0.4) is 0 Å². The van der Waals surface area contributed by atoms with Crippen LogP contribution >= 0.6 is 22.9 Å². The third-order valence-electron chi connectivity index (χ3n) is 7.55. The Kier molecular flexibility index (Phi) is 7.79. The average molecular weight is 573 g/mol. The lowest BCUT2D eigenvalue weighted by molar-refractivity contribution is -0.142. The van der Waals surface area contributed by atoms with Crippen LogP contribution < -0.4 is 5.32 Å². The van der Waals surface area contributed by atoms with Gasteiger partial charge in [-0.25, -0.2) is 9.59 Å². The fourth-order valence-electron chi connectivity index (χ4n) is 5.74. The summed E-state index contributed by atoms with van der Waals surface area (Å²) in [5, 5.41) is 16.0. The number of carboxylic acids is 1. The molecule has 0 aliphatic carbocycles. The Morgan fingerprint density at radius 3 is 2.25 bits per heavy atom. The highest BCUT2D eigenvalue weighted by atomic mass is 35.5. The first-order valence-electron chi connectivity index (χ1n) is 13.0. The van der Waals surface area contributed by atoms with Crippen LogP contribution in [0.2, 0.25) is 5.02 Å². The molecule has 4 aromatic rings. The maximum Gasteiger partial charge on any atom is 0.327 e. The Morgan fingerprint density at radius 2 is 1.62 bits per heavy atom. The molecule has 8 heteroatoms. The summed E-state index contributed by atoms with van der Waals surface area (Å²) in [6, 6.07) is 20.7. The zero-order chi connectivity index (χ0) is 28.6. The molecular formula is C32H29ClN2O4S. The Morgan fingerprint density at radius 1 is 0.900 bits per heavy atom. The van der Waals surface area contributed by atoms with Crippen LogP contribution in [-0.4, -0.2) is 33.8 Å². The van der Waals surface area contributed by atoms with E-state index in [1.165, 1.54) is 16.2 Å². The van der Waals surface area contributed by atoms with Crippen LogP contribution in [0.25, 0.3) is 0 Å². The van der Waals surface area contributed by atoms with Crippen LogP contribution in [0.4, 0.5) is 10.5 Å². The predicted octanol–water partition coefficient (Wildman–Crippen LogP) is 7.65. The van der Waals surface area contributed by atoms with Crippen molar-refractivity contribution in [1.82, 2.24) is 4.90 Å². The maximum atomic E-state index is 14.5. The molecule has 1 fully saturated rings. The molecule has 0 radical (unpaired) electrons. The maximum absolute atomic E-state index is 14.5. The van der Waals surface area contributed by atoms with E-state index >= 15 is 0 Å². The number of carbonyl (C=O) groups is 3. The number of carbonyl (C=O) groups excluding carboxylic acids is 2. The summed E-state index contributed by atoms with van der Waals surface area (Å²) >= 11 is 7.63. The van der Waals surface area contributed by atoms with Crippen LogP contribution in [-0.2, 0) is 4.79 Å². The second kappa shape index (κ2) is 11.3. The van der Waals surface area contributed by atoms with E-state index in [1.807, 2.05) is 62.5 Å². The van der Waals surface area contributed by atoms with Crippen LogP contribution in [0.5, 0.6) is 0 Å². The summed E-state index contributed by atoms with van der Waals surface area (Å²) in [7, 11) is 0. The van der Waals surface area contributed by atoms with Crippen LogP contribution in [0, 0.1) is 26.7 Å². The fourth-order valence-corrected chi connectivity index (χ4v) is 6.97. The number of anilines is 1. The van der Waals surface area contributed by atoms with Crippen molar-refractivity contribution in [3.63, 3.8) is 0 Å². The molecule has 2 heterocycles. The number of Topliss-reactive ketones (excluding diaryl/α,β-unsaturated/α-hetero) is 1. The van der Waals surface area contributed by atoms with Gasteiger partial charge in [-0.15, -0.1) is 11.3 Å². The fraction of sp³-hybridized carbons (Fsp3) is 0.219. The zero-order valence-corrected chi connectivity index (χ0v) is 23.9. The minimum atomic E-state index is -1.29. The van der Waals surface area contributed by atoms with Crippen molar-refractivity contribution >= 4 is 46.4 Å². The number of rotatable bonds is 6. The molecule has 3 aromatic carbocycles. The predicted molar refractivity (Wildman–Crippen MR) is 158 cm³/mol. The number of amides is 2. The molecule has 6 nitrogen and oxygen atoms in total. The Labute approximate surface area is 242 Å². The molecule has 4 atom stereocenters. The number of ketones is 1. The number of likely N-dealkylation sites (tertiary alicyclic amines) is 1. The second-order valence-corrected chi connectivity index (χ2v) is 11.6. The topological polar surface area (TPSA) is 86.7 Å². The number of benzene rings is 3. The van der Waals surface area contributed by atoms with Gasteiger partial charge in [0, 0.05) is 27.1 Å². The molecule has 0 bridgehead atoms. The molecule has 1 aromatic heterocycles. The minimum absolute atomic E-state index is 0.201. The van der Waals surface area contributed by atoms with E-state index in [1.54, 1.807) is 42.5 Å². The van der Waals surface area contributed by atoms with Crippen molar-refractivity contribution in [1.29, 1.82) is 0 Å². The van der Waals surface area contributed by atoms with Gasteiger partial charge in [-0.3, -0.25) is 4.79 Å². The van der Waals surface area contributed by atoms with E-state index in [0.29, 0.717) is 21.8 Å². The molecule has 1 saturated heterocycles. The molecule has 1 aliphatic rings. The number of hydrogen-bond acceptors (Lipinski definition) is 4. The SMILES string of the molecule is Cc1cccc(NC(=O)N2C(C(=O)O)C(c3sccc3C)C(C(=O)c3ccccc3C)C2c2ccc(Cl)cc2)c1. The number of nitrogens with zero attached hydrogens (tertiary/aromatic N) is 1. The summed E-state index contributed by atoms with van der Waals surface area (Å²) in [5.74, 6) is -3.00. The molecule has 2 N–H and O–H groups in total. The van der Waals surface area contributed by atoms with Crippen molar-refractivity contribution in [2.24, 2.45) is 5.92 Å². The first kappa shape index (κ1) is 27.6. The van der Waals surface area contributed by atoms with Gasteiger partial charge in [0.05, 0.1) is 12.0 Å². The Hall–Kier alpha value is -3.94. The van der Waals surface area contributed by atoms with Crippen molar-refractivity contribution in [3.8, 4) is 0 Å². The molecule has 1 aliphatic heterocycles. The quantitative estimate of drug-likeness (QED) is 0.232. The highest BCUT2D eigenvalue weighted by Gasteiger charge is 2.58. The number of urea groups is 1. The van der Waals surface area contributed by atoms with E-state index in [-0.39, 0.29) is 5.78 Å².